The van der Waals surface area contributed by atoms with Gasteiger partial charge in [0, 0.05) is 30.3 Å². The molecule has 6 heteroatoms. The van der Waals surface area contributed by atoms with Crippen molar-refractivity contribution in [3.05, 3.63) is 28.2 Å². The van der Waals surface area contributed by atoms with Crippen molar-refractivity contribution in [2.24, 2.45) is 5.92 Å². The maximum absolute atomic E-state index is 9.94. The number of hydrogen-bond donors (Lipinski definition) is 3. The normalized spacial score (nSPS) is 14.2. The van der Waals surface area contributed by atoms with Crippen LogP contribution < -0.4 is 10.1 Å². The average Bonchev–Trinajstić information content (AvgIpc) is 2.44. The molecule has 0 aliphatic heterocycles. The number of hydrogen-bond acceptors (Lipinski definition) is 4. The van der Waals surface area contributed by atoms with Crippen LogP contribution >= 0.6 is 23.2 Å². The van der Waals surface area contributed by atoms with Crippen LogP contribution in [-0.2, 0) is 0 Å². The molecule has 0 saturated heterocycles. The van der Waals surface area contributed by atoms with Crippen LogP contribution in [0, 0.1) is 5.92 Å². The third-order valence-electron chi connectivity index (χ3n) is 3.18. The van der Waals surface area contributed by atoms with E-state index in [1.54, 1.807) is 18.2 Å². The van der Waals surface area contributed by atoms with Crippen LogP contribution in [0.3, 0.4) is 0 Å². The van der Waals surface area contributed by atoms with Gasteiger partial charge in [0.15, 0.2) is 0 Å². The van der Waals surface area contributed by atoms with Crippen molar-refractivity contribution in [3.63, 3.8) is 0 Å². The minimum absolute atomic E-state index is 0.122. The molecule has 2 atom stereocenters. The smallest absolute Gasteiger partial charge is 0.139 e. The Morgan fingerprint density at radius 2 is 2.00 bits per heavy atom. The molecule has 1 aromatic rings. The molecule has 0 aliphatic rings. The Balaban J connectivity index is 2.39. The summed E-state index contributed by atoms with van der Waals surface area (Å²) in [6.45, 7) is 4.78. The highest BCUT2D eigenvalue weighted by atomic mass is 35.5. The summed E-state index contributed by atoms with van der Waals surface area (Å²) in [6, 6.07) is 5.11. The fraction of sp³-hybridized carbons (Fsp3) is 0.600. The number of halogens is 2. The molecule has 0 aromatic heterocycles. The maximum Gasteiger partial charge on any atom is 0.139 e. The van der Waals surface area contributed by atoms with Crippen LogP contribution in [0.4, 0.5) is 0 Å². The summed E-state index contributed by atoms with van der Waals surface area (Å²) in [5, 5.41) is 23.2. The maximum atomic E-state index is 9.94. The second kappa shape index (κ2) is 9.49. The Hall–Kier alpha value is -0.520. The Kier molecular flexibility index (Phi) is 8.37. The largest absolute Gasteiger partial charge is 0.489 e. The zero-order chi connectivity index (χ0) is 15.8. The highest BCUT2D eigenvalue weighted by molar-refractivity contribution is 6.34. The lowest BCUT2D eigenvalue weighted by Gasteiger charge is -2.23. The average molecular weight is 336 g/mol. The number of aliphatic hydroxyl groups excluding tert-OH is 2. The molecular weight excluding hydrogens is 313 g/mol. The Bertz CT molecular complexity index is 429. The van der Waals surface area contributed by atoms with Crippen molar-refractivity contribution in [3.8, 4) is 5.75 Å². The van der Waals surface area contributed by atoms with Crippen molar-refractivity contribution < 1.29 is 14.9 Å². The molecule has 0 amide bonds. The van der Waals surface area contributed by atoms with Gasteiger partial charge in [-0.2, -0.15) is 0 Å². The highest BCUT2D eigenvalue weighted by Crippen LogP contribution is 2.27. The summed E-state index contributed by atoms with van der Waals surface area (Å²) in [4.78, 5) is 0. The number of benzene rings is 1. The van der Waals surface area contributed by atoms with Crippen LogP contribution in [0.15, 0.2) is 18.2 Å². The molecule has 0 spiro atoms. The summed E-state index contributed by atoms with van der Waals surface area (Å²) in [6.07, 6.45) is -0.00857. The molecule has 0 radical (unpaired) electrons. The molecule has 0 aliphatic carbocycles. The number of aliphatic hydroxyl groups is 2. The second-order valence-corrected chi connectivity index (χ2v) is 6.15. The van der Waals surface area contributed by atoms with E-state index in [9.17, 15) is 5.11 Å². The second-order valence-electron chi connectivity index (χ2n) is 5.31. The lowest BCUT2D eigenvalue weighted by molar-refractivity contribution is 0.0995. The number of ether oxygens (including phenoxy) is 1. The summed E-state index contributed by atoms with van der Waals surface area (Å²) in [7, 11) is 0. The quantitative estimate of drug-likeness (QED) is 0.649. The number of rotatable bonds is 9. The van der Waals surface area contributed by atoms with E-state index in [4.69, 9.17) is 33.0 Å². The minimum Gasteiger partial charge on any atom is -0.489 e. The van der Waals surface area contributed by atoms with E-state index in [2.05, 4.69) is 19.2 Å². The lowest BCUT2D eigenvalue weighted by Crippen LogP contribution is -2.41. The molecule has 0 bridgehead atoms. The van der Waals surface area contributed by atoms with Crippen LogP contribution in [0.25, 0.3) is 0 Å². The molecule has 1 rings (SSSR count). The van der Waals surface area contributed by atoms with Crippen LogP contribution in [0.5, 0.6) is 5.75 Å². The van der Waals surface area contributed by atoms with E-state index < -0.39 is 6.10 Å². The molecule has 4 nitrogen and oxygen atoms in total. The molecule has 3 N–H and O–H groups in total. The van der Waals surface area contributed by atoms with E-state index in [1.165, 1.54) is 0 Å². The third-order valence-corrected chi connectivity index (χ3v) is 3.73. The molecular formula is C15H23Cl2NO3. The monoisotopic (exact) mass is 335 g/mol. The van der Waals surface area contributed by atoms with E-state index >= 15 is 0 Å². The van der Waals surface area contributed by atoms with Crippen molar-refractivity contribution >= 4 is 23.2 Å². The van der Waals surface area contributed by atoms with Crippen LogP contribution in [0.1, 0.15) is 20.3 Å². The first-order chi connectivity index (χ1) is 9.93. The predicted octanol–water partition coefficient (Wildman–Crippen LogP) is 2.73. The van der Waals surface area contributed by atoms with E-state index in [0.717, 1.165) is 0 Å². The van der Waals surface area contributed by atoms with Gasteiger partial charge >= 0.3 is 0 Å². The van der Waals surface area contributed by atoms with Gasteiger partial charge < -0.3 is 20.3 Å². The Morgan fingerprint density at radius 1 is 1.29 bits per heavy atom. The van der Waals surface area contributed by atoms with Gasteiger partial charge in [-0.3, -0.25) is 0 Å². The first-order valence-electron chi connectivity index (χ1n) is 7.04. The third kappa shape index (κ3) is 6.85. The predicted molar refractivity (Wildman–Crippen MR) is 86.3 cm³/mol. The zero-order valence-electron chi connectivity index (χ0n) is 12.4. The van der Waals surface area contributed by atoms with Gasteiger partial charge in [0.25, 0.3) is 0 Å². The van der Waals surface area contributed by atoms with Crippen molar-refractivity contribution in [2.45, 2.75) is 32.4 Å². The van der Waals surface area contributed by atoms with Crippen LogP contribution in [-0.4, -0.2) is 42.1 Å². The topological polar surface area (TPSA) is 61.7 Å². The van der Waals surface area contributed by atoms with Crippen molar-refractivity contribution in [1.82, 2.24) is 5.32 Å². The Labute approximate surface area is 136 Å². The fourth-order valence-electron chi connectivity index (χ4n) is 1.93. The van der Waals surface area contributed by atoms with Crippen molar-refractivity contribution in [1.29, 1.82) is 0 Å². The molecule has 0 saturated carbocycles. The lowest BCUT2D eigenvalue weighted by atomic mass is 10.0. The van der Waals surface area contributed by atoms with Gasteiger partial charge in [0.05, 0.1) is 5.02 Å². The SMILES string of the molecule is CC(C)C(CCO)NCC(O)COc1cc(Cl)ccc1Cl. The molecule has 0 heterocycles. The van der Waals surface area contributed by atoms with Crippen molar-refractivity contribution in [2.75, 3.05) is 19.8 Å². The van der Waals surface area contributed by atoms with Gasteiger partial charge in [-0.05, 0) is 24.5 Å². The zero-order valence-corrected chi connectivity index (χ0v) is 13.9. The first kappa shape index (κ1) is 18.5. The number of nitrogens with one attached hydrogen (secondary N) is 1. The van der Waals surface area contributed by atoms with E-state index in [-0.39, 0.29) is 19.3 Å². The van der Waals surface area contributed by atoms with Gasteiger partial charge in [-0.25, -0.2) is 0 Å². The molecule has 0 fully saturated rings. The van der Waals surface area contributed by atoms with Crippen LogP contribution in [0.2, 0.25) is 10.0 Å². The van der Waals surface area contributed by atoms with E-state index in [1.807, 2.05) is 0 Å². The van der Waals surface area contributed by atoms with Gasteiger partial charge in [0.1, 0.15) is 18.5 Å². The molecule has 21 heavy (non-hydrogen) atoms. The highest BCUT2D eigenvalue weighted by Gasteiger charge is 2.15. The molecule has 120 valence electrons. The summed E-state index contributed by atoms with van der Waals surface area (Å²) in [5.41, 5.74) is 0. The van der Waals surface area contributed by atoms with Gasteiger partial charge in [-0.15, -0.1) is 0 Å². The Morgan fingerprint density at radius 3 is 2.62 bits per heavy atom. The summed E-state index contributed by atoms with van der Waals surface area (Å²) in [5.74, 6) is 0.839. The standard InChI is InChI=1S/C15H23Cl2NO3/c1-10(2)14(5-6-19)18-8-12(20)9-21-15-7-11(16)3-4-13(15)17/h3-4,7,10,12,14,18-20H,5-6,8-9H2,1-2H3. The van der Waals surface area contributed by atoms with Gasteiger partial charge in [0.2, 0.25) is 0 Å². The van der Waals surface area contributed by atoms with E-state index in [0.29, 0.717) is 34.7 Å². The van der Waals surface area contributed by atoms with Gasteiger partial charge in [-0.1, -0.05) is 37.0 Å². The minimum atomic E-state index is -0.667. The summed E-state index contributed by atoms with van der Waals surface area (Å²) >= 11 is 11.8. The molecule has 1 aromatic carbocycles. The summed E-state index contributed by atoms with van der Waals surface area (Å²) < 4.78 is 5.48. The fourth-order valence-corrected chi connectivity index (χ4v) is 2.26. The first-order valence-corrected chi connectivity index (χ1v) is 7.79. The molecule has 2 unspecified atom stereocenters.